The quantitative estimate of drug-likeness (QED) is 0.825. The molecule has 1 amide bonds. The number of aryl methyl sites for hydroxylation is 1. The first-order chi connectivity index (χ1) is 11.5. The minimum absolute atomic E-state index is 0.0264. The van der Waals surface area contributed by atoms with Gasteiger partial charge in [-0.3, -0.25) is 4.79 Å². The Morgan fingerprint density at radius 3 is 2.92 bits per heavy atom. The molecule has 2 heterocycles. The fourth-order valence-electron chi connectivity index (χ4n) is 3.90. The predicted molar refractivity (Wildman–Crippen MR) is 93.8 cm³/mol. The van der Waals surface area contributed by atoms with Crippen molar-refractivity contribution in [2.45, 2.75) is 57.0 Å². The van der Waals surface area contributed by atoms with Crippen molar-refractivity contribution in [2.75, 3.05) is 5.32 Å². The molecule has 0 aromatic carbocycles. The molecule has 1 saturated heterocycles. The van der Waals surface area contributed by atoms with Gasteiger partial charge in [0.1, 0.15) is 11.9 Å². The molecule has 2 fully saturated rings. The monoisotopic (exact) mass is 346 g/mol. The van der Waals surface area contributed by atoms with Crippen LogP contribution in [0.4, 0.5) is 5.82 Å². The van der Waals surface area contributed by atoms with Gasteiger partial charge in [0.05, 0.1) is 17.2 Å². The second kappa shape index (κ2) is 6.98. The lowest BCUT2D eigenvalue weighted by molar-refractivity contribution is -0.130. The van der Waals surface area contributed by atoms with Crippen molar-refractivity contribution >= 4 is 23.3 Å². The van der Waals surface area contributed by atoms with Crippen molar-refractivity contribution < 1.29 is 4.79 Å². The van der Waals surface area contributed by atoms with E-state index in [1.165, 1.54) is 0 Å². The van der Waals surface area contributed by atoms with Crippen LogP contribution in [0.25, 0.3) is 0 Å². The summed E-state index contributed by atoms with van der Waals surface area (Å²) in [5, 5.41) is 15.7. The van der Waals surface area contributed by atoms with Gasteiger partial charge in [0, 0.05) is 17.5 Å². The van der Waals surface area contributed by atoms with Crippen LogP contribution in [0, 0.1) is 30.1 Å². The van der Waals surface area contributed by atoms with Crippen LogP contribution in [0.1, 0.15) is 43.9 Å². The molecular formula is C18H23ClN4O. The summed E-state index contributed by atoms with van der Waals surface area (Å²) in [6.07, 6.45) is 3.80. The third kappa shape index (κ3) is 3.49. The van der Waals surface area contributed by atoms with Gasteiger partial charge in [0.25, 0.3) is 0 Å². The van der Waals surface area contributed by atoms with Gasteiger partial charge in [-0.25, -0.2) is 4.98 Å². The van der Waals surface area contributed by atoms with Crippen molar-refractivity contribution in [3.63, 3.8) is 0 Å². The molecule has 1 saturated carbocycles. The average molecular weight is 347 g/mol. The minimum atomic E-state index is -0.0917. The van der Waals surface area contributed by atoms with Crippen LogP contribution >= 0.6 is 11.6 Å². The summed E-state index contributed by atoms with van der Waals surface area (Å²) in [6, 6.07) is 5.92. The fourth-order valence-corrected chi connectivity index (χ4v) is 4.26. The van der Waals surface area contributed by atoms with Crippen LogP contribution in [-0.2, 0) is 4.79 Å². The van der Waals surface area contributed by atoms with Crippen LogP contribution in [0.5, 0.6) is 0 Å². The topological polar surface area (TPSA) is 77.8 Å². The number of aromatic nitrogens is 1. The maximum atomic E-state index is 12.5. The van der Waals surface area contributed by atoms with Crippen molar-refractivity contribution in [3.05, 3.63) is 23.4 Å². The molecule has 5 nitrogen and oxygen atoms in total. The van der Waals surface area contributed by atoms with Crippen LogP contribution < -0.4 is 10.6 Å². The summed E-state index contributed by atoms with van der Waals surface area (Å²) in [6.45, 7) is 3.83. The van der Waals surface area contributed by atoms with Crippen LogP contribution in [0.2, 0.25) is 0 Å². The zero-order chi connectivity index (χ0) is 17.3. The van der Waals surface area contributed by atoms with Gasteiger partial charge >= 0.3 is 0 Å². The molecule has 5 atom stereocenters. The molecule has 0 radical (unpaired) electrons. The summed E-state index contributed by atoms with van der Waals surface area (Å²) < 4.78 is 0. The van der Waals surface area contributed by atoms with E-state index < -0.39 is 0 Å². The van der Waals surface area contributed by atoms with E-state index in [1.807, 2.05) is 13.8 Å². The van der Waals surface area contributed by atoms with E-state index in [-0.39, 0.29) is 29.3 Å². The third-order valence-electron chi connectivity index (χ3n) is 5.32. The van der Waals surface area contributed by atoms with Crippen LogP contribution in [0.3, 0.4) is 0 Å². The molecule has 4 unspecified atom stereocenters. The standard InChI is InChI=1S/C18H23ClN4O/c1-10-12(9-20)3-6-17(21-10)22-11(2)15-8-13-7-14(19)4-5-16(13)23-18(15)24/h3,6,11,13-16H,4-5,7-8H2,1-2H3,(H,21,22)(H,23,24)/t11-,13?,14?,15?,16?/m0/s1. The Morgan fingerprint density at radius 2 is 2.21 bits per heavy atom. The Hall–Kier alpha value is -1.80. The second-order valence-electron chi connectivity index (χ2n) is 7.00. The first kappa shape index (κ1) is 17.0. The summed E-state index contributed by atoms with van der Waals surface area (Å²) >= 11 is 6.31. The highest BCUT2D eigenvalue weighted by molar-refractivity contribution is 6.20. The Bertz CT molecular complexity index is 671. The first-order valence-corrected chi connectivity index (χ1v) is 9.00. The number of anilines is 1. The molecule has 2 aliphatic rings. The lowest BCUT2D eigenvalue weighted by atomic mass is 9.74. The molecule has 1 aromatic heterocycles. The van der Waals surface area contributed by atoms with Crippen molar-refractivity contribution in [1.29, 1.82) is 5.26 Å². The van der Waals surface area contributed by atoms with Gasteiger partial charge in [-0.15, -0.1) is 11.6 Å². The fraction of sp³-hybridized carbons (Fsp3) is 0.611. The maximum Gasteiger partial charge on any atom is 0.225 e. The third-order valence-corrected chi connectivity index (χ3v) is 5.72. The van der Waals surface area contributed by atoms with E-state index in [4.69, 9.17) is 16.9 Å². The highest BCUT2D eigenvalue weighted by Gasteiger charge is 2.40. The average Bonchev–Trinajstić information content (AvgIpc) is 2.54. The number of rotatable bonds is 3. The van der Waals surface area contributed by atoms with Crippen molar-refractivity contribution in [2.24, 2.45) is 11.8 Å². The van der Waals surface area contributed by atoms with E-state index in [2.05, 4.69) is 21.7 Å². The maximum absolute atomic E-state index is 12.5. The molecule has 6 heteroatoms. The van der Waals surface area contributed by atoms with Gasteiger partial charge in [-0.2, -0.15) is 5.26 Å². The number of fused-ring (bicyclic) bond motifs is 1. The molecule has 1 aliphatic heterocycles. The van der Waals surface area contributed by atoms with Crippen molar-refractivity contribution in [1.82, 2.24) is 10.3 Å². The Morgan fingerprint density at radius 1 is 1.42 bits per heavy atom. The molecular weight excluding hydrogens is 324 g/mol. The number of nitrogens with zero attached hydrogens (tertiary/aromatic N) is 2. The molecule has 1 aromatic rings. The number of alkyl halides is 1. The van der Waals surface area contributed by atoms with Gasteiger partial charge in [-0.05, 0) is 57.6 Å². The summed E-state index contributed by atoms with van der Waals surface area (Å²) in [5.74, 6) is 1.19. The lowest BCUT2D eigenvalue weighted by Crippen LogP contribution is -2.55. The molecule has 0 bridgehead atoms. The summed E-state index contributed by atoms with van der Waals surface area (Å²) in [7, 11) is 0. The summed E-state index contributed by atoms with van der Waals surface area (Å²) in [5.41, 5.74) is 1.27. The number of nitrogens with one attached hydrogen (secondary N) is 2. The summed E-state index contributed by atoms with van der Waals surface area (Å²) in [4.78, 5) is 16.9. The second-order valence-corrected chi connectivity index (χ2v) is 7.62. The Kier molecular flexibility index (Phi) is 4.96. The number of pyridine rings is 1. The predicted octanol–water partition coefficient (Wildman–Crippen LogP) is 2.97. The van der Waals surface area contributed by atoms with E-state index in [0.717, 1.165) is 25.7 Å². The molecule has 2 N–H and O–H groups in total. The van der Waals surface area contributed by atoms with Gasteiger partial charge in [0.15, 0.2) is 0 Å². The molecule has 3 rings (SSSR count). The van der Waals surface area contributed by atoms with Gasteiger partial charge < -0.3 is 10.6 Å². The van der Waals surface area contributed by atoms with E-state index in [9.17, 15) is 4.79 Å². The number of carbonyl (C=O) groups is 1. The Balaban J connectivity index is 1.68. The zero-order valence-corrected chi connectivity index (χ0v) is 14.8. The Labute approximate surface area is 147 Å². The largest absolute Gasteiger partial charge is 0.367 e. The minimum Gasteiger partial charge on any atom is -0.367 e. The molecule has 1 aliphatic carbocycles. The number of piperidine rings is 1. The normalized spacial score (nSPS) is 30.7. The van der Waals surface area contributed by atoms with Crippen molar-refractivity contribution in [3.8, 4) is 6.07 Å². The molecule has 24 heavy (non-hydrogen) atoms. The van der Waals surface area contributed by atoms with E-state index in [0.29, 0.717) is 23.0 Å². The number of halogens is 1. The van der Waals surface area contributed by atoms with Gasteiger partial charge in [0.2, 0.25) is 5.91 Å². The number of nitriles is 1. The lowest BCUT2D eigenvalue weighted by Gasteiger charge is -2.42. The smallest absolute Gasteiger partial charge is 0.225 e. The highest BCUT2D eigenvalue weighted by atomic mass is 35.5. The van der Waals surface area contributed by atoms with Gasteiger partial charge in [-0.1, -0.05) is 0 Å². The van der Waals surface area contributed by atoms with Crippen LogP contribution in [-0.4, -0.2) is 28.4 Å². The van der Waals surface area contributed by atoms with E-state index >= 15 is 0 Å². The number of hydrogen-bond acceptors (Lipinski definition) is 4. The molecule has 0 spiro atoms. The number of hydrogen-bond donors (Lipinski definition) is 2. The van der Waals surface area contributed by atoms with Crippen LogP contribution in [0.15, 0.2) is 12.1 Å². The SMILES string of the molecule is Cc1nc(N[C@@H](C)C2CC3CC(Cl)CCC3NC2=O)ccc1C#N. The number of carbonyl (C=O) groups excluding carboxylic acids is 1. The first-order valence-electron chi connectivity index (χ1n) is 8.56. The molecule has 128 valence electrons. The van der Waals surface area contributed by atoms with E-state index in [1.54, 1.807) is 12.1 Å². The zero-order valence-electron chi connectivity index (χ0n) is 14.1. The highest BCUT2D eigenvalue weighted by Crippen LogP contribution is 2.36. The number of amides is 1.